The molecule has 66 valence electrons. The van der Waals surface area contributed by atoms with Crippen molar-refractivity contribution in [3.63, 3.8) is 0 Å². The minimum atomic E-state index is -0.274. The van der Waals surface area contributed by atoms with Gasteiger partial charge in [0.2, 0.25) is 0 Å². The van der Waals surface area contributed by atoms with E-state index in [1.807, 2.05) is 0 Å². The van der Waals surface area contributed by atoms with Gasteiger partial charge in [0.15, 0.2) is 0 Å². The van der Waals surface area contributed by atoms with E-state index < -0.39 is 0 Å². The second-order valence-electron chi connectivity index (χ2n) is 3.49. The lowest BCUT2D eigenvalue weighted by Gasteiger charge is -2.28. The lowest BCUT2D eigenvalue weighted by molar-refractivity contribution is 0.377. The van der Waals surface area contributed by atoms with Crippen LogP contribution < -0.4 is 0 Å². The van der Waals surface area contributed by atoms with Crippen LogP contribution >= 0.6 is 8.30 Å². The van der Waals surface area contributed by atoms with Gasteiger partial charge < -0.3 is 4.52 Å². The summed E-state index contributed by atoms with van der Waals surface area (Å²) in [5, 5.41) is 0. The summed E-state index contributed by atoms with van der Waals surface area (Å²) in [5.74, 6) is 0. The first kappa shape index (κ1) is 9.44. The van der Waals surface area contributed by atoms with Crippen LogP contribution in [0.1, 0.15) is 27.7 Å². The number of nitrogens with zero attached hydrogens (tertiary/aromatic N) is 1. The van der Waals surface area contributed by atoms with Gasteiger partial charge >= 0.3 is 0 Å². The van der Waals surface area contributed by atoms with Crippen LogP contribution in [-0.4, -0.2) is 29.5 Å². The molecule has 0 amide bonds. The van der Waals surface area contributed by atoms with Crippen LogP contribution in [-0.2, 0) is 4.52 Å². The molecule has 0 bridgehead atoms. The largest absolute Gasteiger partial charge is 0.342 e. The van der Waals surface area contributed by atoms with E-state index in [1.165, 1.54) is 0 Å². The van der Waals surface area contributed by atoms with E-state index >= 15 is 0 Å². The minimum Gasteiger partial charge on any atom is -0.342 e. The molecule has 1 aliphatic heterocycles. The number of hydrogen-bond donors (Lipinski definition) is 0. The van der Waals surface area contributed by atoms with Crippen molar-refractivity contribution in [1.29, 1.82) is 0 Å². The molecule has 0 N–H and O–H groups in total. The Balaban J connectivity index is 2.51. The highest BCUT2D eigenvalue weighted by Gasteiger charge is 2.29. The second kappa shape index (κ2) is 3.84. The van der Waals surface area contributed by atoms with Crippen molar-refractivity contribution in [2.24, 2.45) is 0 Å². The molecular weight excluding hydrogens is 157 g/mol. The Labute approximate surface area is 70.8 Å². The molecule has 0 radical (unpaired) electrons. The highest BCUT2D eigenvalue weighted by Crippen LogP contribution is 2.50. The molecule has 0 aromatic rings. The van der Waals surface area contributed by atoms with Crippen LogP contribution in [0.25, 0.3) is 0 Å². The van der Waals surface area contributed by atoms with Crippen molar-refractivity contribution in [2.75, 3.05) is 13.2 Å². The van der Waals surface area contributed by atoms with E-state index in [9.17, 15) is 0 Å². The third kappa shape index (κ3) is 2.14. The third-order valence-electron chi connectivity index (χ3n) is 1.83. The van der Waals surface area contributed by atoms with Crippen LogP contribution in [0.5, 0.6) is 0 Å². The molecule has 11 heavy (non-hydrogen) atoms. The maximum Gasteiger partial charge on any atom is 0.107 e. The van der Waals surface area contributed by atoms with E-state index in [4.69, 9.17) is 4.52 Å². The van der Waals surface area contributed by atoms with E-state index in [1.54, 1.807) is 0 Å². The van der Waals surface area contributed by atoms with Gasteiger partial charge in [0.05, 0.1) is 6.61 Å². The van der Waals surface area contributed by atoms with Gasteiger partial charge in [-0.15, -0.1) is 0 Å². The summed E-state index contributed by atoms with van der Waals surface area (Å²) in [6, 6.07) is 0.644. The first-order valence-corrected chi connectivity index (χ1v) is 5.59. The molecule has 2 nitrogen and oxygen atoms in total. The summed E-state index contributed by atoms with van der Waals surface area (Å²) in [7, 11) is -0.274. The lowest BCUT2D eigenvalue weighted by atomic mass is 10.4. The molecule has 1 heterocycles. The molecular formula is C8H18NOP. The molecule has 0 aliphatic carbocycles. The monoisotopic (exact) mass is 175 g/mol. The van der Waals surface area contributed by atoms with Crippen molar-refractivity contribution >= 4 is 8.30 Å². The van der Waals surface area contributed by atoms with Gasteiger partial charge in [-0.3, -0.25) is 4.67 Å². The molecule has 1 rings (SSSR count). The van der Waals surface area contributed by atoms with Gasteiger partial charge in [-0.25, -0.2) is 0 Å². The topological polar surface area (TPSA) is 12.5 Å². The van der Waals surface area contributed by atoms with Gasteiger partial charge in [0, 0.05) is 18.2 Å². The first-order chi connectivity index (χ1) is 5.13. The standard InChI is InChI=1S/C8H18NOP/c1-7(2)9-5-6-10-11(9)8(3)4/h7-8H,5-6H2,1-4H3. The van der Waals surface area contributed by atoms with Gasteiger partial charge in [-0.05, 0) is 13.8 Å². The smallest absolute Gasteiger partial charge is 0.107 e. The Morgan fingerprint density at radius 1 is 1.27 bits per heavy atom. The predicted molar refractivity (Wildman–Crippen MR) is 49.9 cm³/mol. The maximum absolute atomic E-state index is 5.68. The maximum atomic E-state index is 5.68. The van der Waals surface area contributed by atoms with Gasteiger partial charge in [0.1, 0.15) is 8.30 Å². The molecule has 1 unspecified atom stereocenters. The summed E-state index contributed by atoms with van der Waals surface area (Å²) < 4.78 is 8.17. The molecule has 1 fully saturated rings. The quantitative estimate of drug-likeness (QED) is 0.598. The zero-order chi connectivity index (χ0) is 8.43. The Bertz CT molecular complexity index is 113. The summed E-state index contributed by atoms with van der Waals surface area (Å²) in [6.07, 6.45) is 0. The van der Waals surface area contributed by atoms with E-state index in [-0.39, 0.29) is 8.30 Å². The summed E-state index contributed by atoms with van der Waals surface area (Å²) >= 11 is 0. The normalized spacial score (nSPS) is 27.3. The van der Waals surface area contributed by atoms with Crippen molar-refractivity contribution < 1.29 is 4.52 Å². The number of rotatable bonds is 2. The van der Waals surface area contributed by atoms with Crippen LogP contribution in [0.15, 0.2) is 0 Å². The fourth-order valence-corrected chi connectivity index (χ4v) is 3.37. The SMILES string of the molecule is CC(C)N1CCOP1C(C)C. The third-order valence-corrected chi connectivity index (χ3v) is 4.33. The minimum absolute atomic E-state index is 0.274. The Kier molecular flexibility index (Phi) is 3.29. The Morgan fingerprint density at radius 2 is 1.91 bits per heavy atom. The average Bonchev–Trinajstić information content (AvgIpc) is 2.32. The van der Waals surface area contributed by atoms with E-state index in [2.05, 4.69) is 32.4 Å². The lowest BCUT2D eigenvalue weighted by Crippen LogP contribution is -2.25. The van der Waals surface area contributed by atoms with Crippen LogP contribution in [0.2, 0.25) is 0 Å². The van der Waals surface area contributed by atoms with Gasteiger partial charge in [0.25, 0.3) is 0 Å². The molecule has 3 heteroatoms. The van der Waals surface area contributed by atoms with Crippen molar-refractivity contribution in [3.05, 3.63) is 0 Å². The first-order valence-electron chi connectivity index (χ1n) is 4.31. The van der Waals surface area contributed by atoms with Gasteiger partial charge in [-0.2, -0.15) is 0 Å². The summed E-state index contributed by atoms with van der Waals surface area (Å²) in [4.78, 5) is 0. The van der Waals surface area contributed by atoms with Crippen molar-refractivity contribution in [3.8, 4) is 0 Å². The zero-order valence-corrected chi connectivity index (χ0v) is 8.77. The van der Waals surface area contributed by atoms with Crippen molar-refractivity contribution in [2.45, 2.75) is 39.4 Å². The van der Waals surface area contributed by atoms with Crippen LogP contribution in [0.4, 0.5) is 0 Å². The summed E-state index contributed by atoms with van der Waals surface area (Å²) in [6.45, 7) is 11.0. The molecule has 1 aliphatic rings. The fraction of sp³-hybridized carbons (Fsp3) is 1.00. The molecule has 1 atom stereocenters. The molecule has 0 aromatic carbocycles. The van der Waals surface area contributed by atoms with Crippen molar-refractivity contribution in [1.82, 2.24) is 4.67 Å². The predicted octanol–water partition coefficient (Wildman–Crippen LogP) is 2.45. The molecule has 1 saturated heterocycles. The number of hydrogen-bond acceptors (Lipinski definition) is 2. The average molecular weight is 175 g/mol. The summed E-state index contributed by atoms with van der Waals surface area (Å²) in [5.41, 5.74) is 0.676. The van der Waals surface area contributed by atoms with Gasteiger partial charge in [-0.1, -0.05) is 13.8 Å². The Hall–Kier alpha value is 0.350. The molecule has 0 spiro atoms. The van der Waals surface area contributed by atoms with Crippen LogP contribution in [0, 0.1) is 0 Å². The molecule has 0 aromatic heterocycles. The van der Waals surface area contributed by atoms with Crippen LogP contribution in [0.3, 0.4) is 0 Å². The highest BCUT2D eigenvalue weighted by atomic mass is 31.2. The Morgan fingerprint density at radius 3 is 2.27 bits per heavy atom. The van der Waals surface area contributed by atoms with E-state index in [0.29, 0.717) is 11.7 Å². The fourth-order valence-electron chi connectivity index (χ4n) is 1.33. The van der Waals surface area contributed by atoms with E-state index in [0.717, 1.165) is 13.2 Å². The molecule has 0 saturated carbocycles. The second-order valence-corrected chi connectivity index (χ2v) is 5.90. The zero-order valence-electron chi connectivity index (χ0n) is 7.87. The highest BCUT2D eigenvalue weighted by molar-refractivity contribution is 7.51.